The molecule has 0 atom stereocenters. The van der Waals surface area contributed by atoms with E-state index < -0.39 is 11.7 Å². The fourth-order valence-corrected chi connectivity index (χ4v) is 2.29. The van der Waals surface area contributed by atoms with Crippen molar-refractivity contribution >= 4 is 11.6 Å². The Morgan fingerprint density at radius 1 is 1.12 bits per heavy atom. The maximum absolute atomic E-state index is 13.6. The van der Waals surface area contributed by atoms with Gasteiger partial charge in [0.05, 0.1) is 0 Å². The number of hydrogen-bond acceptors (Lipinski definition) is 5. The van der Waals surface area contributed by atoms with Crippen molar-refractivity contribution < 1.29 is 18.7 Å². The molecular weight excluding hydrogens is 325 g/mol. The zero-order valence-corrected chi connectivity index (χ0v) is 13.3. The molecule has 7 heteroatoms. The van der Waals surface area contributed by atoms with Gasteiger partial charge in [-0.05, 0) is 30.7 Å². The lowest BCUT2D eigenvalue weighted by atomic mass is 10.2. The minimum atomic E-state index is -0.683. The maximum Gasteiger partial charge on any atom is 0.247 e. The minimum absolute atomic E-state index is 0.136. The summed E-state index contributed by atoms with van der Waals surface area (Å²) in [5.74, 6) is -0.532. The molecule has 128 valence electrons. The van der Waals surface area contributed by atoms with Crippen LogP contribution in [0.15, 0.2) is 52.9 Å². The fraction of sp³-hybridized carbons (Fsp3) is 0.167. The summed E-state index contributed by atoms with van der Waals surface area (Å²) in [6, 6.07) is 13.2. The predicted molar refractivity (Wildman–Crippen MR) is 89.4 cm³/mol. The summed E-state index contributed by atoms with van der Waals surface area (Å²) in [5, 5.41) is 19.9. The highest BCUT2D eigenvalue weighted by Crippen LogP contribution is 2.26. The Morgan fingerprint density at radius 2 is 1.92 bits per heavy atom. The van der Waals surface area contributed by atoms with Crippen LogP contribution in [0, 0.1) is 5.82 Å². The number of hydrogen-bond donors (Lipinski definition) is 2. The molecule has 25 heavy (non-hydrogen) atoms. The molecule has 0 unspecified atom stereocenters. The molecule has 0 spiro atoms. The first-order chi connectivity index (χ1) is 12.1. The molecule has 6 nitrogen and oxygen atoms in total. The van der Waals surface area contributed by atoms with Gasteiger partial charge in [-0.1, -0.05) is 24.3 Å². The number of rotatable bonds is 6. The van der Waals surface area contributed by atoms with Crippen LogP contribution in [0.2, 0.25) is 0 Å². The number of carbonyl (C=O) groups is 1. The first kappa shape index (κ1) is 16.6. The number of amides is 1. The van der Waals surface area contributed by atoms with E-state index in [0.717, 1.165) is 5.56 Å². The average Bonchev–Trinajstić information content (AvgIpc) is 3.08. The van der Waals surface area contributed by atoms with E-state index in [2.05, 4.69) is 15.5 Å². The Kier molecular flexibility index (Phi) is 5.03. The summed E-state index contributed by atoms with van der Waals surface area (Å²) in [6.07, 6.45) is 1.02. The first-order valence-corrected chi connectivity index (χ1v) is 7.78. The van der Waals surface area contributed by atoms with Crippen molar-refractivity contribution in [2.24, 2.45) is 0 Å². The number of carbonyl (C=O) groups excluding carboxylic acids is 1. The third-order valence-corrected chi connectivity index (χ3v) is 3.54. The molecule has 3 aromatic rings. The molecule has 1 aromatic heterocycles. The van der Waals surface area contributed by atoms with Gasteiger partial charge in [0.25, 0.3) is 0 Å². The van der Waals surface area contributed by atoms with E-state index >= 15 is 0 Å². The van der Waals surface area contributed by atoms with E-state index in [1.165, 1.54) is 18.2 Å². The van der Waals surface area contributed by atoms with Gasteiger partial charge >= 0.3 is 0 Å². The smallest absolute Gasteiger partial charge is 0.247 e. The zero-order chi connectivity index (χ0) is 17.6. The van der Waals surface area contributed by atoms with Gasteiger partial charge in [0.1, 0.15) is 11.4 Å². The summed E-state index contributed by atoms with van der Waals surface area (Å²) in [6.45, 7) is 0. The molecule has 0 radical (unpaired) electrons. The number of nitrogens with one attached hydrogen (secondary N) is 1. The number of anilines is 1. The Hall–Kier alpha value is -3.22. The van der Waals surface area contributed by atoms with Gasteiger partial charge in [0, 0.05) is 18.4 Å². The SMILES string of the molecule is O=C(CCCc1nnc(-c2ccccc2)o1)Nc1c(O)cccc1F. The monoisotopic (exact) mass is 341 g/mol. The Labute approximate surface area is 143 Å². The number of halogens is 1. The van der Waals surface area contributed by atoms with Crippen molar-refractivity contribution in [2.75, 3.05) is 5.32 Å². The highest BCUT2D eigenvalue weighted by Gasteiger charge is 2.12. The quantitative estimate of drug-likeness (QED) is 0.670. The molecule has 0 fully saturated rings. The molecule has 3 rings (SSSR count). The lowest BCUT2D eigenvalue weighted by Crippen LogP contribution is -2.12. The van der Waals surface area contributed by atoms with Crippen LogP contribution in [0.1, 0.15) is 18.7 Å². The molecule has 0 saturated carbocycles. The van der Waals surface area contributed by atoms with E-state index in [0.29, 0.717) is 24.6 Å². The van der Waals surface area contributed by atoms with E-state index in [1.54, 1.807) is 0 Å². The summed E-state index contributed by atoms with van der Waals surface area (Å²) < 4.78 is 19.1. The molecule has 0 saturated heterocycles. The Balaban J connectivity index is 1.51. The van der Waals surface area contributed by atoms with Gasteiger partial charge in [-0.15, -0.1) is 10.2 Å². The third kappa shape index (κ3) is 4.20. The average molecular weight is 341 g/mol. The lowest BCUT2D eigenvalue weighted by molar-refractivity contribution is -0.116. The van der Waals surface area contributed by atoms with Crippen molar-refractivity contribution in [1.82, 2.24) is 10.2 Å². The lowest BCUT2D eigenvalue weighted by Gasteiger charge is -2.07. The normalized spacial score (nSPS) is 10.6. The number of para-hydroxylation sites is 1. The molecule has 1 heterocycles. The molecular formula is C18H16FN3O3. The Bertz CT molecular complexity index is 845. The standard InChI is InChI=1S/C18H16FN3O3/c19-13-8-4-9-14(23)17(13)20-15(24)10-5-11-16-21-22-18(25-16)12-6-2-1-3-7-12/h1-4,6-9,23H,5,10-11H2,(H,20,24). The van der Waals surface area contributed by atoms with Crippen molar-refractivity contribution in [3.8, 4) is 17.2 Å². The van der Waals surface area contributed by atoms with Gasteiger partial charge in [0.15, 0.2) is 5.82 Å². The molecule has 2 N–H and O–H groups in total. The van der Waals surface area contributed by atoms with E-state index in [1.807, 2.05) is 30.3 Å². The third-order valence-electron chi connectivity index (χ3n) is 3.54. The molecule has 0 aliphatic carbocycles. The second-order valence-electron chi connectivity index (χ2n) is 5.40. The van der Waals surface area contributed by atoms with Crippen LogP contribution in [0.5, 0.6) is 5.75 Å². The number of phenols is 1. The van der Waals surface area contributed by atoms with Crippen LogP contribution in [-0.4, -0.2) is 21.2 Å². The minimum Gasteiger partial charge on any atom is -0.506 e. The molecule has 0 aliphatic rings. The van der Waals surface area contributed by atoms with E-state index in [9.17, 15) is 14.3 Å². The van der Waals surface area contributed by atoms with Crippen LogP contribution in [0.25, 0.3) is 11.5 Å². The van der Waals surface area contributed by atoms with Crippen LogP contribution in [0.3, 0.4) is 0 Å². The Morgan fingerprint density at radius 3 is 2.68 bits per heavy atom. The number of benzene rings is 2. The van der Waals surface area contributed by atoms with Gasteiger partial charge in [0.2, 0.25) is 17.7 Å². The van der Waals surface area contributed by atoms with Gasteiger partial charge < -0.3 is 14.8 Å². The van der Waals surface area contributed by atoms with Crippen LogP contribution in [0.4, 0.5) is 10.1 Å². The van der Waals surface area contributed by atoms with Crippen molar-refractivity contribution in [1.29, 1.82) is 0 Å². The molecule has 1 amide bonds. The van der Waals surface area contributed by atoms with Gasteiger partial charge in [-0.3, -0.25) is 4.79 Å². The highest BCUT2D eigenvalue weighted by atomic mass is 19.1. The van der Waals surface area contributed by atoms with Crippen molar-refractivity contribution in [3.63, 3.8) is 0 Å². The van der Waals surface area contributed by atoms with Gasteiger partial charge in [-0.25, -0.2) is 4.39 Å². The van der Waals surface area contributed by atoms with E-state index in [-0.39, 0.29) is 17.9 Å². The zero-order valence-electron chi connectivity index (χ0n) is 13.3. The second kappa shape index (κ2) is 7.57. The molecule has 0 aliphatic heterocycles. The maximum atomic E-state index is 13.6. The summed E-state index contributed by atoms with van der Waals surface area (Å²) >= 11 is 0. The van der Waals surface area contributed by atoms with E-state index in [4.69, 9.17) is 4.42 Å². The number of aromatic nitrogens is 2. The fourth-order valence-electron chi connectivity index (χ4n) is 2.29. The second-order valence-corrected chi connectivity index (χ2v) is 5.40. The number of aromatic hydroxyl groups is 1. The van der Waals surface area contributed by atoms with Crippen molar-refractivity contribution in [2.45, 2.75) is 19.3 Å². The first-order valence-electron chi connectivity index (χ1n) is 7.78. The highest BCUT2D eigenvalue weighted by molar-refractivity contribution is 5.92. The number of phenolic OH excluding ortho intramolecular Hbond substituents is 1. The molecule has 0 bridgehead atoms. The topological polar surface area (TPSA) is 88.2 Å². The predicted octanol–water partition coefficient (Wildman–Crippen LogP) is 3.54. The largest absolute Gasteiger partial charge is 0.506 e. The number of aryl methyl sites for hydroxylation is 1. The van der Waals surface area contributed by atoms with Crippen molar-refractivity contribution in [3.05, 3.63) is 60.2 Å². The molecule has 2 aromatic carbocycles. The summed E-state index contributed by atoms with van der Waals surface area (Å²) in [5.41, 5.74) is 0.616. The summed E-state index contributed by atoms with van der Waals surface area (Å²) in [7, 11) is 0. The number of nitrogens with zero attached hydrogens (tertiary/aromatic N) is 2. The van der Waals surface area contributed by atoms with Crippen LogP contribution in [-0.2, 0) is 11.2 Å². The van der Waals surface area contributed by atoms with Crippen LogP contribution >= 0.6 is 0 Å². The van der Waals surface area contributed by atoms with Gasteiger partial charge in [-0.2, -0.15) is 0 Å². The van der Waals surface area contributed by atoms with Crippen LogP contribution < -0.4 is 5.32 Å². The summed E-state index contributed by atoms with van der Waals surface area (Å²) in [4.78, 5) is 11.9.